The highest BCUT2D eigenvalue weighted by atomic mass is 16.5. The first-order valence-corrected chi connectivity index (χ1v) is 19.5. The molecule has 4 aliphatic carbocycles. The summed E-state index contributed by atoms with van der Waals surface area (Å²) in [7, 11) is 0. The predicted octanol–water partition coefficient (Wildman–Crippen LogP) is 6.26. The van der Waals surface area contributed by atoms with Crippen LogP contribution in [0.15, 0.2) is 0 Å². The van der Waals surface area contributed by atoms with Gasteiger partial charge in [-0.2, -0.15) is 0 Å². The van der Waals surface area contributed by atoms with E-state index in [4.69, 9.17) is 31.4 Å². The second-order valence-electron chi connectivity index (χ2n) is 16.1. The van der Waals surface area contributed by atoms with Gasteiger partial charge < -0.3 is 36.7 Å². The molecule has 0 aromatic rings. The molecule has 4 saturated carbocycles. The number of unbranched alkanes of at least 4 members (excludes halogenated alkanes) is 2. The number of hydrogen-bond donors (Lipinski definition) is 4. The fraction of sp³-hybridized carbons (Fsp3) is 1.00. The molecule has 0 aromatic carbocycles. The Hall–Kier alpha value is -0.280. The highest BCUT2D eigenvalue weighted by Crippen LogP contribution is 2.69. The van der Waals surface area contributed by atoms with Crippen molar-refractivity contribution in [3.8, 4) is 0 Å². The summed E-state index contributed by atoms with van der Waals surface area (Å²) in [6.07, 6.45) is 18.9. The molecule has 0 radical (unpaired) electrons. The van der Waals surface area contributed by atoms with Crippen LogP contribution >= 0.6 is 0 Å². The van der Waals surface area contributed by atoms with E-state index in [0.717, 1.165) is 58.6 Å². The van der Waals surface area contributed by atoms with Gasteiger partial charge in [-0.25, -0.2) is 0 Å². The van der Waals surface area contributed by atoms with Crippen LogP contribution in [0.4, 0.5) is 0 Å². The molecule has 0 bridgehead atoms. The van der Waals surface area contributed by atoms with Crippen LogP contribution in [0.5, 0.6) is 0 Å². The molecule has 4 fully saturated rings. The summed E-state index contributed by atoms with van der Waals surface area (Å²) in [6, 6.07) is 0. The molecule has 7 N–H and O–H groups in total. The van der Waals surface area contributed by atoms with E-state index in [9.17, 15) is 0 Å². The normalized spacial score (nSPS) is 38.5. The number of rotatable bonds is 21. The molecule has 4 rings (SSSR count). The van der Waals surface area contributed by atoms with Gasteiger partial charge >= 0.3 is 0 Å². The van der Waals surface area contributed by atoms with E-state index in [-0.39, 0.29) is 5.41 Å². The Labute approximate surface area is 277 Å². The van der Waals surface area contributed by atoms with E-state index in [1.165, 1.54) is 70.6 Å². The summed E-state index contributed by atoms with van der Waals surface area (Å²) < 4.78 is 20.3. The van der Waals surface area contributed by atoms with Crippen LogP contribution in [0.25, 0.3) is 0 Å². The minimum atomic E-state index is 0.185. The molecular weight excluding hydrogens is 560 g/mol. The van der Waals surface area contributed by atoms with Crippen LogP contribution in [0.2, 0.25) is 0 Å². The van der Waals surface area contributed by atoms with E-state index >= 15 is 0 Å². The van der Waals surface area contributed by atoms with Crippen LogP contribution in [-0.2, 0) is 14.2 Å². The van der Waals surface area contributed by atoms with Crippen molar-refractivity contribution >= 4 is 0 Å². The van der Waals surface area contributed by atoms with Crippen molar-refractivity contribution in [3.05, 3.63) is 0 Å². The van der Waals surface area contributed by atoms with Gasteiger partial charge in [0.2, 0.25) is 0 Å². The molecule has 0 amide bonds. The third kappa shape index (κ3) is 8.85. The van der Waals surface area contributed by atoms with Crippen LogP contribution < -0.4 is 22.5 Å². The van der Waals surface area contributed by atoms with Gasteiger partial charge in [0.15, 0.2) is 0 Å². The second kappa shape index (κ2) is 18.5. The summed E-state index contributed by atoms with van der Waals surface area (Å²) in [5, 5.41) is 3.71. The molecule has 7 nitrogen and oxygen atoms in total. The zero-order chi connectivity index (χ0) is 32.3. The molecule has 4 aliphatic rings. The average molecular weight is 635 g/mol. The standard InChI is InChI=1S/C38H74N4O3/c1-5-6-7-20-42-21-8-12-28(2)31-13-14-32-36-33(27-35(38(31,32)4)45-24-11-19-41)37(3)16-15-30(43-22-9-17-39)25-29(37)26-34(36)44-23-10-18-40/h28-36,42H,5-27,39-41H2,1-4H3/t28-,29?,30-,31?,32?,33+,34-,35+,36?,37?,38?/m1/s1. The van der Waals surface area contributed by atoms with Crippen molar-refractivity contribution in [1.29, 1.82) is 0 Å². The largest absolute Gasteiger partial charge is 0.378 e. The third-order valence-corrected chi connectivity index (χ3v) is 13.5. The Morgan fingerprint density at radius 3 is 2.16 bits per heavy atom. The fourth-order valence-corrected chi connectivity index (χ4v) is 11.0. The summed E-state index contributed by atoms with van der Waals surface area (Å²) in [6.45, 7) is 16.9. The number of ether oxygens (including phenoxy) is 3. The maximum atomic E-state index is 7.01. The Bertz CT molecular complexity index is 833. The van der Waals surface area contributed by atoms with Crippen molar-refractivity contribution in [3.63, 3.8) is 0 Å². The van der Waals surface area contributed by atoms with Gasteiger partial charge in [-0.15, -0.1) is 0 Å². The number of hydrogen-bond acceptors (Lipinski definition) is 7. The Morgan fingerprint density at radius 1 is 0.756 bits per heavy atom. The van der Waals surface area contributed by atoms with Crippen LogP contribution in [-0.4, -0.2) is 70.9 Å². The maximum Gasteiger partial charge on any atom is 0.0637 e. The summed E-state index contributed by atoms with van der Waals surface area (Å²) in [5.74, 6) is 3.93. The Kier molecular flexibility index (Phi) is 15.4. The SMILES string of the molecule is CCCCCNCCC[C@@H](C)C1CCC2C3[C@H](OCCCN)CC4C[C@H](OCCCN)CCC4(C)[C@H]3C[C@H](OCCCN)C21C. The monoisotopic (exact) mass is 635 g/mol. The second-order valence-corrected chi connectivity index (χ2v) is 16.1. The van der Waals surface area contributed by atoms with Crippen molar-refractivity contribution in [2.24, 2.45) is 63.5 Å². The molecule has 45 heavy (non-hydrogen) atoms. The molecule has 11 atom stereocenters. The van der Waals surface area contributed by atoms with E-state index in [1.807, 2.05) is 0 Å². The minimum absolute atomic E-state index is 0.185. The quantitative estimate of drug-likeness (QED) is 0.110. The molecule has 0 aliphatic heterocycles. The first kappa shape index (κ1) is 37.5. The highest BCUT2D eigenvalue weighted by molar-refractivity contribution is 5.15. The van der Waals surface area contributed by atoms with Gasteiger partial charge in [0.25, 0.3) is 0 Å². The fourth-order valence-electron chi connectivity index (χ4n) is 11.0. The number of nitrogens with two attached hydrogens (primary N) is 3. The molecule has 264 valence electrons. The minimum Gasteiger partial charge on any atom is -0.378 e. The first-order chi connectivity index (χ1) is 21.8. The highest BCUT2D eigenvalue weighted by Gasteiger charge is 2.66. The lowest BCUT2D eigenvalue weighted by Crippen LogP contribution is -2.63. The van der Waals surface area contributed by atoms with Crippen LogP contribution in [0, 0.1) is 46.3 Å². The molecule has 0 spiro atoms. The zero-order valence-corrected chi connectivity index (χ0v) is 29.9. The van der Waals surface area contributed by atoms with Gasteiger partial charge in [0.05, 0.1) is 18.3 Å². The number of fused-ring (bicyclic) bond motifs is 5. The van der Waals surface area contributed by atoms with Crippen LogP contribution in [0.3, 0.4) is 0 Å². The Morgan fingerprint density at radius 2 is 1.44 bits per heavy atom. The maximum absolute atomic E-state index is 7.01. The lowest BCUT2D eigenvalue weighted by atomic mass is 9.43. The van der Waals surface area contributed by atoms with Crippen LogP contribution in [0.1, 0.15) is 124 Å². The lowest BCUT2D eigenvalue weighted by Gasteiger charge is -2.65. The van der Waals surface area contributed by atoms with Gasteiger partial charge in [0, 0.05) is 25.2 Å². The molecule has 0 saturated heterocycles. The van der Waals surface area contributed by atoms with Crippen molar-refractivity contribution in [2.45, 2.75) is 142 Å². The van der Waals surface area contributed by atoms with Crippen molar-refractivity contribution in [2.75, 3.05) is 52.5 Å². The lowest BCUT2D eigenvalue weighted by molar-refractivity contribution is -0.227. The van der Waals surface area contributed by atoms with Gasteiger partial charge in [-0.1, -0.05) is 40.5 Å². The summed E-state index contributed by atoms with van der Waals surface area (Å²) in [4.78, 5) is 0. The number of nitrogens with one attached hydrogen (secondary N) is 1. The molecule has 6 unspecified atom stereocenters. The molecule has 7 heteroatoms. The Balaban J connectivity index is 1.54. The molecular formula is C38H74N4O3. The van der Waals surface area contributed by atoms with Gasteiger partial charge in [0.1, 0.15) is 0 Å². The summed E-state index contributed by atoms with van der Waals surface area (Å²) >= 11 is 0. The summed E-state index contributed by atoms with van der Waals surface area (Å²) in [5.41, 5.74) is 18.2. The van der Waals surface area contributed by atoms with E-state index in [2.05, 4.69) is 33.0 Å². The van der Waals surface area contributed by atoms with E-state index < -0.39 is 0 Å². The van der Waals surface area contributed by atoms with Crippen molar-refractivity contribution in [1.82, 2.24) is 5.32 Å². The third-order valence-electron chi connectivity index (χ3n) is 13.5. The van der Waals surface area contributed by atoms with Gasteiger partial charge in [-0.05, 0) is 157 Å². The molecule has 0 heterocycles. The molecule has 0 aromatic heterocycles. The average Bonchev–Trinajstić information content (AvgIpc) is 3.39. The topological polar surface area (TPSA) is 118 Å². The smallest absolute Gasteiger partial charge is 0.0637 e. The predicted molar refractivity (Wildman–Crippen MR) is 187 cm³/mol. The zero-order valence-electron chi connectivity index (χ0n) is 29.9. The first-order valence-electron chi connectivity index (χ1n) is 19.5. The van der Waals surface area contributed by atoms with E-state index in [1.54, 1.807) is 0 Å². The van der Waals surface area contributed by atoms with Gasteiger partial charge in [-0.3, -0.25) is 0 Å². The van der Waals surface area contributed by atoms with E-state index in [0.29, 0.717) is 78.9 Å². The van der Waals surface area contributed by atoms with Crippen molar-refractivity contribution < 1.29 is 14.2 Å².